The number of benzene rings is 4. The van der Waals surface area contributed by atoms with E-state index in [9.17, 15) is 48.3 Å². The number of allylic oxidation sites excluding steroid dienone is 3. The van der Waals surface area contributed by atoms with E-state index in [1.807, 2.05) is 38.1 Å². The fourth-order valence-corrected chi connectivity index (χ4v) is 14.9. The number of carbonyl (C=O) groups is 9. The molecule has 27 nitrogen and oxygen atoms in total. The molecule has 106 heavy (non-hydrogen) atoms. The molecule has 4 aliphatic heterocycles. The van der Waals surface area contributed by atoms with Crippen LogP contribution in [0.3, 0.4) is 0 Å². The summed E-state index contributed by atoms with van der Waals surface area (Å²) in [5.74, 6) is -6.96. The van der Waals surface area contributed by atoms with Gasteiger partial charge >= 0.3 is 17.8 Å². The Bertz CT molecular complexity index is 4360. The van der Waals surface area contributed by atoms with Crippen molar-refractivity contribution in [3.05, 3.63) is 112 Å². The summed E-state index contributed by atoms with van der Waals surface area (Å²) in [6, 6.07) is 8.60. The van der Waals surface area contributed by atoms with E-state index < -0.39 is 76.8 Å². The van der Waals surface area contributed by atoms with E-state index in [4.69, 9.17) is 38.8 Å². The average molecular weight is 1460 g/mol. The summed E-state index contributed by atoms with van der Waals surface area (Å²) in [4.78, 5) is 142. The third-order valence-corrected chi connectivity index (χ3v) is 20.8. The number of hydrogen-bond acceptors (Lipinski definition) is 19. The van der Waals surface area contributed by atoms with Crippen LogP contribution >= 0.6 is 0 Å². The van der Waals surface area contributed by atoms with Crippen molar-refractivity contribution in [2.24, 2.45) is 35.3 Å². The zero-order valence-corrected chi connectivity index (χ0v) is 63.2. The van der Waals surface area contributed by atoms with Gasteiger partial charge in [0.2, 0.25) is 17.7 Å². The molecule has 4 aliphatic rings. The summed E-state index contributed by atoms with van der Waals surface area (Å²) in [5, 5.41) is 26.1. The number of hydrogen-bond donors (Lipinski definition) is 7. The molecule has 27 heteroatoms. The number of aromatic nitrogens is 1. The topological polar surface area (TPSA) is 356 Å². The van der Waals surface area contributed by atoms with Crippen molar-refractivity contribution in [2.45, 2.75) is 176 Å². The van der Waals surface area contributed by atoms with E-state index in [0.29, 0.717) is 61.2 Å². The third-order valence-electron chi connectivity index (χ3n) is 20.8. The number of piperidine rings is 1. The number of methoxy groups -OCH3 is 2. The number of Topliss-reactive ketones (excluding diaryl/α,β-unsaturated/α-hetero) is 1. The maximum Gasteiger partial charge on any atom is 0.312 e. The van der Waals surface area contributed by atoms with Gasteiger partial charge in [-0.2, -0.15) is 0 Å². The van der Waals surface area contributed by atoms with Gasteiger partial charge in [0.05, 0.1) is 50.6 Å². The van der Waals surface area contributed by atoms with Crippen molar-refractivity contribution < 1.29 is 80.8 Å². The Kier molecular flexibility index (Phi) is 25.9. The number of ether oxygens (including phenoxy) is 5. The van der Waals surface area contributed by atoms with Gasteiger partial charge in [0, 0.05) is 130 Å². The van der Waals surface area contributed by atoms with E-state index >= 15 is 4.79 Å². The van der Waals surface area contributed by atoms with Crippen molar-refractivity contribution in [3.63, 3.8) is 0 Å². The number of imide groups is 1. The molecule has 0 aliphatic carbocycles. The van der Waals surface area contributed by atoms with Gasteiger partial charge in [-0.05, 0) is 94.3 Å². The highest BCUT2D eigenvalue weighted by atomic mass is 16.7. The number of rotatable bonds is 23. The Hall–Kier alpha value is -10.2. The number of nitrogens with zero attached hydrogens (tertiary/aromatic N) is 4. The normalized spacial score (nSPS) is 22.9. The highest BCUT2D eigenvalue weighted by molar-refractivity contribution is 6.26. The molecule has 9 rings (SSSR count). The molecule has 0 radical (unpaired) electrons. The molecule has 4 bridgehead atoms. The summed E-state index contributed by atoms with van der Waals surface area (Å²) in [6.45, 7) is 19.9. The number of unbranched alkanes of at least 4 members (excludes halogenated alkanes) is 2. The fourth-order valence-electron chi connectivity index (χ4n) is 14.9. The van der Waals surface area contributed by atoms with Gasteiger partial charge in [-0.15, -0.1) is 0 Å². The number of phenolic OH excluding ortho intramolecular Hbond substituents is 1. The Morgan fingerprint density at radius 3 is 2.23 bits per heavy atom. The van der Waals surface area contributed by atoms with Crippen LogP contribution in [0.4, 0.5) is 21.9 Å². The quantitative estimate of drug-likeness (QED) is 0.00608. The minimum absolute atomic E-state index is 0.0155. The zero-order chi connectivity index (χ0) is 77.2. The molecular formula is C79H103N10O17+. The van der Waals surface area contributed by atoms with E-state index in [1.54, 1.807) is 57.2 Å². The van der Waals surface area contributed by atoms with Crippen molar-refractivity contribution in [1.29, 1.82) is 0 Å². The molecule has 1 saturated heterocycles. The highest BCUT2D eigenvalue weighted by Gasteiger charge is 2.50. The fraction of sp³-hybridized carbons (Fsp3) is 0.506. The number of nitrogens with one attached hydrogen (secondary N) is 5. The summed E-state index contributed by atoms with van der Waals surface area (Å²) >= 11 is 0. The zero-order valence-electron chi connectivity index (χ0n) is 63.2. The van der Waals surface area contributed by atoms with E-state index in [1.165, 1.54) is 53.4 Å². The lowest BCUT2D eigenvalue weighted by molar-refractivity contribution is -0.928. The first-order chi connectivity index (χ1) is 50.2. The van der Waals surface area contributed by atoms with Crippen molar-refractivity contribution in [2.75, 3.05) is 70.0 Å². The number of urea groups is 1. The number of primary amides is 1. The monoisotopic (exact) mass is 1460 g/mol. The van der Waals surface area contributed by atoms with Gasteiger partial charge in [0.15, 0.2) is 22.3 Å². The molecule has 5 aromatic rings. The third kappa shape index (κ3) is 18.5. The van der Waals surface area contributed by atoms with Gasteiger partial charge in [-0.3, -0.25) is 48.1 Å². The number of aromatic hydroxyl groups is 1. The first kappa shape index (κ1) is 80.0. The van der Waals surface area contributed by atoms with E-state index in [0.717, 1.165) is 41.8 Å². The first-order valence-corrected chi connectivity index (χ1v) is 36.5. The van der Waals surface area contributed by atoms with Crippen molar-refractivity contribution >= 4 is 103 Å². The van der Waals surface area contributed by atoms with Crippen LogP contribution in [0.2, 0.25) is 0 Å². The molecule has 0 saturated carbocycles. The van der Waals surface area contributed by atoms with Gasteiger partial charge in [-0.1, -0.05) is 78.3 Å². The molecule has 570 valence electrons. The lowest BCUT2D eigenvalue weighted by Gasteiger charge is -2.43. The first-order valence-electron chi connectivity index (χ1n) is 36.5. The summed E-state index contributed by atoms with van der Waals surface area (Å²) in [6.07, 6.45) is 14.8. The number of carbonyl (C=O) groups excluding carboxylic acids is 9. The molecule has 0 unspecified atom stereocenters. The van der Waals surface area contributed by atoms with Crippen LogP contribution in [0, 0.1) is 36.5 Å². The predicted octanol–water partition coefficient (Wildman–Crippen LogP) is 9.81. The van der Waals surface area contributed by atoms with Crippen molar-refractivity contribution in [1.82, 2.24) is 25.8 Å². The number of quaternary nitrogens is 1. The predicted molar refractivity (Wildman–Crippen MR) is 402 cm³/mol. The minimum Gasteiger partial charge on any atom is -0.505 e. The average Bonchev–Trinajstić information content (AvgIpc) is 1.41. The van der Waals surface area contributed by atoms with Crippen LogP contribution < -0.4 is 52.1 Å². The molecule has 1 fully saturated rings. The lowest BCUT2D eigenvalue weighted by Crippen LogP contribution is -2.54. The molecule has 8 amide bonds. The molecule has 5 heterocycles. The Labute approximate surface area is 617 Å². The number of esters is 1. The molecular weight excluding hydrogens is 1360 g/mol. The number of amides is 8. The number of fused-ring (bicyclic) bond motifs is 2. The highest BCUT2D eigenvalue weighted by Crippen LogP contribution is 2.49. The van der Waals surface area contributed by atoms with Crippen LogP contribution in [0.5, 0.6) is 17.2 Å². The molecule has 1 aromatic heterocycles. The van der Waals surface area contributed by atoms with Crippen molar-refractivity contribution in [3.8, 4) is 17.2 Å². The maximum atomic E-state index is 15.2. The number of nitrogens with two attached hydrogens (primary N) is 1. The maximum absolute atomic E-state index is 15.2. The molecule has 4 aromatic carbocycles. The van der Waals surface area contributed by atoms with E-state index in [2.05, 4.69) is 59.4 Å². The molecule has 9 atom stereocenters. The SMILES string of the molecule is COc1cc(N2CCC([N+](C)(C)Cc3ccc(NC(=O)[C@H](CCCNC(N)=O)NC(=O)[C@@H](NC(=O)CCCCCN4C(=O)C=CC4=O)C(C)C)cc3)CC2)cc2oc3c4c(O)c5c(=O)c(C)c6c(c5c3nc12)C(=O)[C@@](C)(O/C=C/[C@H](OC)[C@@H](C)[C@@H](OC(C)=O)[C@H](C)C[C@H](C)C[C@@H](C)/C=C/C=C(/C)C(=O)N4)O6. The van der Waals surface area contributed by atoms with E-state index in [-0.39, 0.29) is 140 Å². The lowest BCUT2D eigenvalue weighted by atomic mass is 9.82. The Morgan fingerprint density at radius 1 is 0.877 bits per heavy atom. The van der Waals surface area contributed by atoms with Gasteiger partial charge in [0.1, 0.15) is 53.0 Å². The Balaban J connectivity index is 0.934. The molecule has 8 N–H and O–H groups in total. The van der Waals surface area contributed by atoms with Crippen LogP contribution in [-0.2, 0) is 54.3 Å². The van der Waals surface area contributed by atoms with Crippen LogP contribution in [-0.4, -0.2) is 163 Å². The number of anilines is 3. The van der Waals surface area contributed by atoms with Crippen LogP contribution in [0.15, 0.2) is 93.9 Å². The van der Waals surface area contributed by atoms with Crippen LogP contribution in [0.25, 0.3) is 33.0 Å². The van der Waals surface area contributed by atoms with Gasteiger partial charge in [-0.25, -0.2) is 9.78 Å². The minimum atomic E-state index is -2.06. The standard InChI is InChI=1S/C79H102N10O17/c1-43(2)65(84-59(91)23-16-15-17-34-88-60(92)28-29-61(88)93)77(99)83-55(22-19-33-81-78(80)100)76(98)82-52-26-24-51(25-27-52)42-89(11,12)54-30-35-87(36-31-54)53-40-57(102-14)66-58(41-53)105-73-67(85-66)62-63-69(94)49(8)72-64(62)74(96)79(10,106-72)103-37-32-56(101-13)48(7)71(104-50(9)90)47(6)39-45(4)38-44(3)20-18-21-46(5)75(97)86-68(73)70(63)95/h18,20-21,24-29,32,37,40-41,43-45,47-48,54-56,65,71H,15-17,19,22-23,30-31,33-36,38-39,42H2,1-14H3,(H7-,80,81,82,83,84,85,86,91,94,95,96,97,98,99,100)/p+1/b20-18+,37-32+,46-21-/t44-,45+,47+,48+,55-,56-,65-,71-,79-/m0/s1. The smallest absolute Gasteiger partial charge is 0.312 e. The summed E-state index contributed by atoms with van der Waals surface area (Å²) in [5.41, 5.74) is 6.91. The number of phenols is 1. The number of ketones is 1. The van der Waals surface area contributed by atoms with Gasteiger partial charge < -0.3 is 74.9 Å². The van der Waals surface area contributed by atoms with Gasteiger partial charge in [0.25, 0.3) is 23.5 Å². The molecule has 0 spiro atoms. The second kappa shape index (κ2) is 34.4. The largest absolute Gasteiger partial charge is 0.505 e. The summed E-state index contributed by atoms with van der Waals surface area (Å²) < 4.78 is 38.0. The second-order valence-corrected chi connectivity index (χ2v) is 29.8. The summed E-state index contributed by atoms with van der Waals surface area (Å²) in [7, 11) is 7.37. The Morgan fingerprint density at radius 2 is 1.58 bits per heavy atom. The second-order valence-electron chi connectivity index (χ2n) is 29.8. The van der Waals surface area contributed by atoms with Crippen LogP contribution in [0.1, 0.15) is 148 Å².